The maximum absolute atomic E-state index is 14.8. The van der Waals surface area contributed by atoms with Crippen molar-refractivity contribution in [1.82, 2.24) is 5.01 Å². The summed E-state index contributed by atoms with van der Waals surface area (Å²) in [5.74, 6) is -2.53. The second-order valence-corrected chi connectivity index (χ2v) is 10.6. The minimum atomic E-state index is -1.27. The van der Waals surface area contributed by atoms with Gasteiger partial charge in [-0.05, 0) is 24.3 Å². The third kappa shape index (κ3) is 4.89. The molecule has 0 N–H and O–H groups in total. The number of nitro groups is 1. The molecule has 0 aliphatic carbocycles. The van der Waals surface area contributed by atoms with Gasteiger partial charge in [0.1, 0.15) is 21.5 Å². The number of hydrogen-bond acceptors (Lipinski definition) is 7. The Hall–Kier alpha value is -4.12. The molecule has 5 rings (SSSR count). The predicted octanol–water partition coefficient (Wildman–Crippen LogP) is 5.06. The van der Waals surface area contributed by atoms with Crippen molar-refractivity contribution >= 4 is 34.2 Å². The van der Waals surface area contributed by atoms with Gasteiger partial charge in [0.15, 0.2) is 5.78 Å². The molecular weight excluding hydrogens is 526 g/mol. The maximum atomic E-state index is 14.8. The minimum Gasteiger partial charge on any atom is -0.363 e. The molecule has 2 unspecified atom stereocenters. The normalized spacial score (nSPS) is 20.1. The molecule has 0 saturated heterocycles. The molecule has 200 valence electrons. The highest BCUT2D eigenvalue weighted by molar-refractivity contribution is 8.15. The number of hydrogen-bond donors (Lipinski definition) is 0. The number of carbonyl (C=O) groups is 2. The SMILES string of the molecule is CC(=O)N1N=C(c2cc(F)ccc2F)SC12c1ccccc1N(CC(=O)c1ccccc1)CC2CC[N+](=O)[O-]. The number of rotatable bonds is 7. The van der Waals surface area contributed by atoms with Crippen LogP contribution in [0.4, 0.5) is 14.5 Å². The lowest BCUT2D eigenvalue weighted by molar-refractivity contribution is -0.482. The first-order chi connectivity index (χ1) is 18.7. The second kappa shape index (κ2) is 10.6. The van der Waals surface area contributed by atoms with Crippen molar-refractivity contribution in [3.8, 4) is 0 Å². The highest BCUT2D eigenvalue weighted by Gasteiger charge is 2.57. The molecule has 2 atom stereocenters. The zero-order valence-electron chi connectivity index (χ0n) is 20.9. The molecule has 8 nitrogen and oxygen atoms in total. The number of nitrogens with zero attached hydrogens (tertiary/aromatic N) is 4. The molecule has 0 bridgehead atoms. The fourth-order valence-electron chi connectivity index (χ4n) is 5.22. The molecule has 11 heteroatoms. The van der Waals surface area contributed by atoms with E-state index >= 15 is 0 Å². The van der Waals surface area contributed by atoms with Crippen LogP contribution in [0.2, 0.25) is 0 Å². The van der Waals surface area contributed by atoms with Crippen molar-refractivity contribution in [3.63, 3.8) is 0 Å². The van der Waals surface area contributed by atoms with E-state index in [9.17, 15) is 28.5 Å². The van der Waals surface area contributed by atoms with E-state index in [2.05, 4.69) is 5.10 Å². The van der Waals surface area contributed by atoms with Crippen molar-refractivity contribution in [2.45, 2.75) is 18.2 Å². The molecule has 0 fully saturated rings. The lowest BCUT2D eigenvalue weighted by atomic mass is 9.83. The largest absolute Gasteiger partial charge is 0.363 e. The Labute approximate surface area is 227 Å². The zero-order valence-corrected chi connectivity index (χ0v) is 21.7. The van der Waals surface area contributed by atoms with Gasteiger partial charge in [-0.1, -0.05) is 60.3 Å². The summed E-state index contributed by atoms with van der Waals surface area (Å²) in [7, 11) is 0. The van der Waals surface area contributed by atoms with Gasteiger partial charge in [0.2, 0.25) is 12.5 Å². The topological polar surface area (TPSA) is 96.1 Å². The van der Waals surface area contributed by atoms with Gasteiger partial charge in [0.25, 0.3) is 0 Å². The molecule has 2 aliphatic heterocycles. The van der Waals surface area contributed by atoms with Crippen LogP contribution in [0.25, 0.3) is 0 Å². The zero-order chi connectivity index (χ0) is 27.7. The van der Waals surface area contributed by atoms with Gasteiger partial charge in [0, 0.05) is 53.1 Å². The smallest absolute Gasteiger partial charge is 0.241 e. The standard InChI is InChI=1S/C28H24F2N4O4S/c1-18(35)34-28(39-27(31-34)22-15-21(29)11-12-24(22)30)20(13-14-33(37)38)16-32(25-10-6-5-9-23(25)28)17-26(36)19-7-3-2-4-8-19/h2-12,15,20H,13-14,16-17H2,1H3. The molecule has 3 aromatic carbocycles. The number of fused-ring (bicyclic) bond motifs is 2. The number of ketones is 1. The monoisotopic (exact) mass is 550 g/mol. The number of carbonyl (C=O) groups excluding carboxylic acids is 2. The van der Waals surface area contributed by atoms with Gasteiger partial charge >= 0.3 is 0 Å². The molecule has 39 heavy (non-hydrogen) atoms. The van der Waals surface area contributed by atoms with E-state index in [1.54, 1.807) is 42.5 Å². The van der Waals surface area contributed by atoms with Gasteiger partial charge in [-0.15, -0.1) is 0 Å². The lowest BCUT2D eigenvalue weighted by Gasteiger charge is -2.49. The van der Waals surface area contributed by atoms with Crippen LogP contribution < -0.4 is 4.90 Å². The number of halogens is 2. The van der Waals surface area contributed by atoms with Crippen LogP contribution in [-0.2, 0) is 9.67 Å². The number of anilines is 1. The Morgan fingerprint density at radius 1 is 1.10 bits per heavy atom. The minimum absolute atomic E-state index is 0.0169. The Balaban J connectivity index is 1.62. The Morgan fingerprint density at radius 3 is 2.54 bits per heavy atom. The van der Waals surface area contributed by atoms with Gasteiger partial charge < -0.3 is 4.90 Å². The van der Waals surface area contributed by atoms with Crippen LogP contribution in [0.5, 0.6) is 0 Å². The summed E-state index contributed by atoms with van der Waals surface area (Å²) in [5.41, 5.74) is 1.70. The highest BCUT2D eigenvalue weighted by atomic mass is 32.2. The van der Waals surface area contributed by atoms with Gasteiger partial charge in [-0.25, -0.2) is 13.8 Å². The molecule has 0 saturated carbocycles. The van der Waals surface area contributed by atoms with Crippen molar-refractivity contribution in [2.24, 2.45) is 11.0 Å². The molecular formula is C28H24F2N4O4S. The number of Topliss-reactive ketones (excluding diaryl/α,β-unsaturated/α-hetero) is 1. The van der Waals surface area contributed by atoms with Crippen LogP contribution in [0.3, 0.4) is 0 Å². The lowest BCUT2D eigenvalue weighted by Crippen LogP contribution is -2.55. The van der Waals surface area contributed by atoms with E-state index in [-0.39, 0.29) is 42.4 Å². The molecule has 1 spiro atoms. The van der Waals surface area contributed by atoms with Crippen LogP contribution in [0, 0.1) is 27.7 Å². The second-order valence-electron chi connectivity index (χ2n) is 9.39. The van der Waals surface area contributed by atoms with Crippen LogP contribution in [-0.4, -0.2) is 46.3 Å². The maximum Gasteiger partial charge on any atom is 0.241 e. The van der Waals surface area contributed by atoms with E-state index in [0.29, 0.717) is 16.8 Å². The molecule has 2 aliphatic rings. The number of para-hydroxylation sites is 1. The Kier molecular flexibility index (Phi) is 7.17. The number of hydrazone groups is 1. The van der Waals surface area contributed by atoms with Crippen molar-refractivity contribution in [3.05, 3.63) is 111 Å². The van der Waals surface area contributed by atoms with Crippen LogP contribution in [0.1, 0.15) is 34.8 Å². The first-order valence-electron chi connectivity index (χ1n) is 12.3. The molecule has 2 heterocycles. The quantitative estimate of drug-likeness (QED) is 0.232. The first kappa shape index (κ1) is 26.5. The number of benzene rings is 3. The average Bonchev–Trinajstić information content (AvgIpc) is 3.33. The summed E-state index contributed by atoms with van der Waals surface area (Å²) in [6, 6.07) is 19.0. The van der Waals surface area contributed by atoms with Gasteiger partial charge in [0.05, 0.1) is 6.54 Å². The summed E-state index contributed by atoms with van der Waals surface area (Å²) in [4.78, 5) is 37.8. The summed E-state index contributed by atoms with van der Waals surface area (Å²) < 4.78 is 28.9. The Morgan fingerprint density at radius 2 is 1.82 bits per heavy atom. The van der Waals surface area contributed by atoms with E-state index < -0.39 is 33.3 Å². The van der Waals surface area contributed by atoms with Gasteiger partial charge in [-0.2, -0.15) is 5.10 Å². The molecule has 0 radical (unpaired) electrons. The summed E-state index contributed by atoms with van der Waals surface area (Å²) in [5, 5.41) is 17.2. The fraction of sp³-hybridized carbons (Fsp3) is 0.250. The van der Waals surface area contributed by atoms with Crippen LogP contribution in [0.15, 0.2) is 77.9 Å². The van der Waals surface area contributed by atoms with Crippen molar-refractivity contribution in [1.29, 1.82) is 0 Å². The summed E-state index contributed by atoms with van der Waals surface area (Å²) in [6.45, 7) is 1.15. The predicted molar refractivity (Wildman–Crippen MR) is 144 cm³/mol. The molecule has 0 aromatic heterocycles. The Bertz CT molecular complexity index is 1490. The number of amides is 1. The fourth-order valence-corrected chi connectivity index (χ4v) is 6.80. The molecule has 3 aromatic rings. The van der Waals surface area contributed by atoms with E-state index in [4.69, 9.17) is 0 Å². The van der Waals surface area contributed by atoms with Crippen molar-refractivity contribution < 1.29 is 23.3 Å². The van der Waals surface area contributed by atoms with Crippen LogP contribution >= 0.6 is 11.8 Å². The summed E-state index contributed by atoms with van der Waals surface area (Å²) >= 11 is 1.08. The average molecular weight is 551 g/mol. The first-order valence-corrected chi connectivity index (χ1v) is 13.1. The number of thioether (sulfide) groups is 1. The summed E-state index contributed by atoms with van der Waals surface area (Å²) in [6.07, 6.45) is 0.0581. The molecule has 1 amide bonds. The third-order valence-corrected chi connectivity index (χ3v) is 8.46. The van der Waals surface area contributed by atoms with Crippen molar-refractivity contribution in [2.75, 3.05) is 24.5 Å². The van der Waals surface area contributed by atoms with E-state index in [1.807, 2.05) is 17.0 Å². The van der Waals surface area contributed by atoms with E-state index in [1.165, 1.54) is 11.9 Å². The highest BCUT2D eigenvalue weighted by Crippen LogP contribution is 2.58. The third-order valence-electron chi connectivity index (χ3n) is 6.93. The van der Waals surface area contributed by atoms with E-state index in [0.717, 1.165) is 30.0 Å². The van der Waals surface area contributed by atoms with Gasteiger partial charge in [-0.3, -0.25) is 19.7 Å².